The van der Waals surface area contributed by atoms with Crippen LogP contribution in [0.25, 0.3) is 0 Å². The first kappa shape index (κ1) is 12.7. The van der Waals surface area contributed by atoms with Crippen molar-refractivity contribution in [3.63, 3.8) is 0 Å². The molecule has 2 atom stereocenters. The summed E-state index contributed by atoms with van der Waals surface area (Å²) in [5.74, 6) is 0.678. The summed E-state index contributed by atoms with van der Waals surface area (Å²) >= 11 is 0. The summed E-state index contributed by atoms with van der Waals surface area (Å²) in [5.41, 5.74) is 5.89. The van der Waals surface area contributed by atoms with Gasteiger partial charge in [0.15, 0.2) is 0 Å². The number of hydrogen-bond acceptors (Lipinski definition) is 3. The van der Waals surface area contributed by atoms with E-state index >= 15 is 0 Å². The van der Waals surface area contributed by atoms with Crippen LogP contribution in [-0.2, 0) is 4.79 Å². The molecular formula is C12H23NO2. The number of rotatable bonds is 5. The van der Waals surface area contributed by atoms with E-state index in [2.05, 4.69) is 0 Å². The van der Waals surface area contributed by atoms with E-state index in [4.69, 9.17) is 5.73 Å². The molecule has 15 heavy (non-hydrogen) atoms. The Morgan fingerprint density at radius 2 is 2.00 bits per heavy atom. The maximum atomic E-state index is 10.8. The lowest BCUT2D eigenvalue weighted by atomic mass is 9.83. The zero-order valence-electron chi connectivity index (χ0n) is 9.61. The van der Waals surface area contributed by atoms with Crippen LogP contribution in [0, 0.1) is 5.92 Å². The van der Waals surface area contributed by atoms with E-state index in [1.54, 1.807) is 0 Å². The third kappa shape index (κ3) is 4.76. The van der Waals surface area contributed by atoms with E-state index < -0.39 is 6.10 Å². The first-order valence-corrected chi connectivity index (χ1v) is 6.02. The molecule has 0 bridgehead atoms. The third-order valence-electron chi connectivity index (χ3n) is 3.32. The zero-order chi connectivity index (χ0) is 11.3. The van der Waals surface area contributed by atoms with Gasteiger partial charge in [-0.05, 0) is 19.3 Å². The molecule has 1 saturated carbocycles. The number of hydrogen-bond donors (Lipinski definition) is 2. The Morgan fingerprint density at radius 1 is 1.40 bits per heavy atom. The maximum Gasteiger partial charge on any atom is 0.132 e. The highest BCUT2D eigenvalue weighted by Gasteiger charge is 2.22. The molecule has 0 heterocycles. The number of carbonyl (C=O) groups excluding carboxylic acids is 1. The SMILES string of the molecule is CC(=O)CC(O)C(N)CC1CCCCC1. The van der Waals surface area contributed by atoms with Crippen LogP contribution in [0.5, 0.6) is 0 Å². The number of aliphatic hydroxyl groups excluding tert-OH is 1. The second-order valence-corrected chi connectivity index (χ2v) is 4.88. The minimum Gasteiger partial charge on any atom is -0.391 e. The molecule has 3 heteroatoms. The fraction of sp³-hybridized carbons (Fsp3) is 0.917. The number of ketones is 1. The Hall–Kier alpha value is -0.410. The highest BCUT2D eigenvalue weighted by molar-refractivity contribution is 5.76. The average Bonchev–Trinajstić information content (AvgIpc) is 2.18. The predicted molar refractivity (Wildman–Crippen MR) is 60.5 cm³/mol. The van der Waals surface area contributed by atoms with Gasteiger partial charge in [-0.25, -0.2) is 0 Å². The third-order valence-corrected chi connectivity index (χ3v) is 3.32. The van der Waals surface area contributed by atoms with Gasteiger partial charge in [0.25, 0.3) is 0 Å². The van der Waals surface area contributed by atoms with Crippen LogP contribution in [-0.4, -0.2) is 23.0 Å². The van der Waals surface area contributed by atoms with E-state index in [9.17, 15) is 9.90 Å². The van der Waals surface area contributed by atoms with Gasteiger partial charge in [-0.1, -0.05) is 32.1 Å². The lowest BCUT2D eigenvalue weighted by Crippen LogP contribution is -2.37. The number of aliphatic hydroxyl groups is 1. The second kappa shape index (κ2) is 6.23. The monoisotopic (exact) mass is 213 g/mol. The standard InChI is InChI=1S/C12H23NO2/c1-9(14)7-12(15)11(13)8-10-5-3-2-4-6-10/h10-12,15H,2-8,13H2,1H3. The molecule has 3 N–H and O–H groups in total. The summed E-state index contributed by atoms with van der Waals surface area (Å²) in [7, 11) is 0. The normalized spacial score (nSPS) is 22.3. The Labute approximate surface area is 92.0 Å². The van der Waals surface area contributed by atoms with Crippen LogP contribution < -0.4 is 5.73 Å². The molecular weight excluding hydrogens is 190 g/mol. The van der Waals surface area contributed by atoms with Gasteiger partial charge in [0.1, 0.15) is 5.78 Å². The quantitative estimate of drug-likeness (QED) is 0.729. The molecule has 0 radical (unpaired) electrons. The molecule has 0 amide bonds. The summed E-state index contributed by atoms with van der Waals surface area (Å²) in [6, 6.07) is -0.225. The summed E-state index contributed by atoms with van der Waals surface area (Å²) in [6.45, 7) is 1.50. The Balaban J connectivity index is 2.26. The summed E-state index contributed by atoms with van der Waals surface area (Å²) in [5, 5.41) is 9.67. The molecule has 2 unspecified atom stereocenters. The average molecular weight is 213 g/mol. The molecule has 0 spiro atoms. The van der Waals surface area contributed by atoms with Gasteiger partial charge >= 0.3 is 0 Å². The van der Waals surface area contributed by atoms with Gasteiger partial charge < -0.3 is 10.8 Å². The summed E-state index contributed by atoms with van der Waals surface area (Å²) < 4.78 is 0. The van der Waals surface area contributed by atoms with Crippen molar-refractivity contribution >= 4 is 5.78 Å². The van der Waals surface area contributed by atoms with Crippen molar-refractivity contribution in [2.24, 2.45) is 11.7 Å². The highest BCUT2D eigenvalue weighted by Crippen LogP contribution is 2.27. The highest BCUT2D eigenvalue weighted by atomic mass is 16.3. The minimum atomic E-state index is -0.649. The molecule has 88 valence electrons. The van der Waals surface area contributed by atoms with Crippen molar-refractivity contribution in [2.75, 3.05) is 0 Å². The summed E-state index contributed by atoms with van der Waals surface area (Å²) in [4.78, 5) is 10.8. The molecule has 0 saturated heterocycles. The van der Waals surface area contributed by atoms with Crippen molar-refractivity contribution in [1.82, 2.24) is 0 Å². The van der Waals surface area contributed by atoms with Crippen LogP contribution in [0.15, 0.2) is 0 Å². The first-order valence-electron chi connectivity index (χ1n) is 6.02. The molecule has 1 rings (SSSR count). The zero-order valence-corrected chi connectivity index (χ0v) is 9.61. The Morgan fingerprint density at radius 3 is 2.53 bits per heavy atom. The molecule has 0 aromatic heterocycles. The van der Waals surface area contributed by atoms with Crippen LogP contribution in [0.2, 0.25) is 0 Å². The largest absolute Gasteiger partial charge is 0.391 e. The van der Waals surface area contributed by atoms with Crippen molar-refractivity contribution in [3.8, 4) is 0 Å². The Bertz CT molecular complexity index is 200. The number of nitrogens with two attached hydrogens (primary N) is 1. The number of Topliss-reactive ketones (excluding diaryl/α,β-unsaturated/α-hetero) is 1. The Kier molecular flexibility index (Phi) is 5.26. The molecule has 0 aromatic rings. The van der Waals surface area contributed by atoms with E-state index in [-0.39, 0.29) is 18.2 Å². The van der Waals surface area contributed by atoms with Gasteiger partial charge in [-0.2, -0.15) is 0 Å². The molecule has 0 aliphatic heterocycles. The summed E-state index contributed by atoms with van der Waals surface area (Å²) in [6.07, 6.45) is 6.82. The van der Waals surface area contributed by atoms with Crippen molar-refractivity contribution < 1.29 is 9.90 Å². The fourth-order valence-electron chi connectivity index (χ4n) is 2.41. The molecule has 1 aliphatic rings. The van der Waals surface area contributed by atoms with Gasteiger partial charge in [-0.3, -0.25) is 4.79 Å². The topological polar surface area (TPSA) is 63.3 Å². The van der Waals surface area contributed by atoms with E-state index in [0.29, 0.717) is 5.92 Å². The predicted octanol–water partition coefficient (Wildman–Crippen LogP) is 1.62. The van der Waals surface area contributed by atoms with Crippen molar-refractivity contribution in [1.29, 1.82) is 0 Å². The molecule has 1 fully saturated rings. The van der Waals surface area contributed by atoms with Gasteiger partial charge in [0.2, 0.25) is 0 Å². The lowest BCUT2D eigenvalue weighted by Gasteiger charge is -2.26. The van der Waals surface area contributed by atoms with Gasteiger partial charge in [0.05, 0.1) is 6.10 Å². The fourth-order valence-corrected chi connectivity index (χ4v) is 2.41. The second-order valence-electron chi connectivity index (χ2n) is 4.88. The minimum absolute atomic E-state index is 0.0154. The maximum absolute atomic E-state index is 10.8. The van der Waals surface area contributed by atoms with Crippen molar-refractivity contribution in [3.05, 3.63) is 0 Å². The van der Waals surface area contributed by atoms with Crippen molar-refractivity contribution in [2.45, 2.75) is 64.0 Å². The molecule has 0 aromatic carbocycles. The first-order chi connectivity index (χ1) is 7.09. The lowest BCUT2D eigenvalue weighted by molar-refractivity contribution is -0.119. The van der Waals surface area contributed by atoms with Crippen LogP contribution >= 0.6 is 0 Å². The van der Waals surface area contributed by atoms with E-state index in [1.807, 2.05) is 0 Å². The van der Waals surface area contributed by atoms with Crippen LogP contribution in [0.1, 0.15) is 51.9 Å². The van der Waals surface area contributed by atoms with E-state index in [1.165, 1.54) is 39.0 Å². The van der Waals surface area contributed by atoms with Crippen LogP contribution in [0.4, 0.5) is 0 Å². The number of carbonyl (C=O) groups is 1. The van der Waals surface area contributed by atoms with Gasteiger partial charge in [0, 0.05) is 12.5 Å². The smallest absolute Gasteiger partial charge is 0.132 e. The molecule has 1 aliphatic carbocycles. The molecule has 3 nitrogen and oxygen atoms in total. The van der Waals surface area contributed by atoms with E-state index in [0.717, 1.165) is 6.42 Å². The van der Waals surface area contributed by atoms with Gasteiger partial charge in [-0.15, -0.1) is 0 Å². The van der Waals surface area contributed by atoms with Crippen LogP contribution in [0.3, 0.4) is 0 Å².